The van der Waals surface area contributed by atoms with Crippen LogP contribution in [0.5, 0.6) is 5.88 Å². The third kappa shape index (κ3) is 3.08. The van der Waals surface area contributed by atoms with Crippen LogP contribution in [0.2, 0.25) is 0 Å². The monoisotopic (exact) mass is 294 g/mol. The second kappa shape index (κ2) is 5.92. The number of amides is 1. The molecule has 0 fully saturated rings. The average Bonchev–Trinajstić information content (AvgIpc) is 2.80. The van der Waals surface area contributed by atoms with E-state index in [-0.39, 0.29) is 5.03 Å². The van der Waals surface area contributed by atoms with E-state index >= 15 is 0 Å². The Morgan fingerprint density at radius 2 is 2.30 bits per heavy atom. The molecule has 106 valence electrons. The first-order valence-corrected chi connectivity index (χ1v) is 6.48. The lowest BCUT2D eigenvalue weighted by atomic mass is 10.2. The minimum Gasteiger partial charge on any atom is -0.477 e. The maximum absolute atomic E-state index is 11.0. The number of primary amides is 1. The summed E-state index contributed by atoms with van der Waals surface area (Å²) in [6.07, 6.45) is 4.55. The Morgan fingerprint density at radius 1 is 1.55 bits per heavy atom. The summed E-state index contributed by atoms with van der Waals surface area (Å²) in [6, 6.07) is 0. The van der Waals surface area contributed by atoms with Crippen molar-refractivity contribution in [3.05, 3.63) is 23.1 Å². The second-order valence-corrected chi connectivity index (χ2v) is 5.12. The van der Waals surface area contributed by atoms with Gasteiger partial charge in [-0.25, -0.2) is 9.97 Å². The van der Waals surface area contributed by atoms with E-state index in [2.05, 4.69) is 15.0 Å². The van der Waals surface area contributed by atoms with Crippen molar-refractivity contribution in [3.63, 3.8) is 0 Å². The molecule has 2 aromatic rings. The van der Waals surface area contributed by atoms with Gasteiger partial charge < -0.3 is 15.5 Å². The number of rotatable bonds is 5. The highest BCUT2D eigenvalue weighted by Crippen LogP contribution is 2.27. The predicted octanol–water partition coefficient (Wildman–Crippen LogP) is 2.06. The molecule has 0 atom stereocenters. The summed E-state index contributed by atoms with van der Waals surface area (Å²) in [5.41, 5.74) is 6.39. The number of hydrogen-bond donors (Lipinski definition) is 2. The molecule has 0 spiro atoms. The zero-order chi connectivity index (χ0) is 14.7. The third-order valence-electron chi connectivity index (χ3n) is 2.54. The molecular formula is C13H15ClN4O2. The molecule has 2 rings (SSSR count). The molecule has 0 bridgehead atoms. The molecule has 7 heteroatoms. The van der Waals surface area contributed by atoms with E-state index in [9.17, 15) is 4.79 Å². The molecule has 0 unspecified atom stereocenters. The highest BCUT2D eigenvalue weighted by Gasteiger charge is 2.13. The Hall–Kier alpha value is -2.08. The Balaban J connectivity index is 2.46. The minimum absolute atomic E-state index is 0.0652. The van der Waals surface area contributed by atoms with Crippen LogP contribution in [-0.4, -0.2) is 27.5 Å². The van der Waals surface area contributed by atoms with Gasteiger partial charge in [0, 0.05) is 11.8 Å². The first-order chi connectivity index (χ1) is 9.49. The predicted molar refractivity (Wildman–Crippen MR) is 77.2 cm³/mol. The first kappa shape index (κ1) is 14.3. The van der Waals surface area contributed by atoms with Gasteiger partial charge in [0.25, 0.3) is 5.91 Å². The van der Waals surface area contributed by atoms with Crippen LogP contribution < -0.4 is 10.5 Å². The smallest absolute Gasteiger partial charge is 0.260 e. The van der Waals surface area contributed by atoms with Gasteiger partial charge in [-0.1, -0.05) is 25.4 Å². The summed E-state index contributed by atoms with van der Waals surface area (Å²) < 4.78 is 5.66. The quantitative estimate of drug-likeness (QED) is 0.825. The molecule has 0 saturated heterocycles. The lowest BCUT2D eigenvalue weighted by Crippen LogP contribution is -2.10. The van der Waals surface area contributed by atoms with Gasteiger partial charge in [-0.15, -0.1) is 0 Å². The SMILES string of the molecule is CC(C)COc1ncnc2[nH]cc(/C=C(\Cl)C(N)=O)c12. The van der Waals surface area contributed by atoms with Gasteiger partial charge in [-0.3, -0.25) is 4.79 Å². The van der Waals surface area contributed by atoms with E-state index < -0.39 is 5.91 Å². The fourth-order valence-electron chi connectivity index (χ4n) is 1.63. The molecule has 0 aliphatic rings. The van der Waals surface area contributed by atoms with E-state index in [1.165, 1.54) is 12.4 Å². The molecule has 3 N–H and O–H groups in total. The number of nitrogens with two attached hydrogens (primary N) is 1. The molecule has 1 amide bonds. The van der Waals surface area contributed by atoms with Crippen LogP contribution in [0.15, 0.2) is 17.6 Å². The van der Waals surface area contributed by atoms with Crippen molar-refractivity contribution in [2.24, 2.45) is 11.7 Å². The van der Waals surface area contributed by atoms with Crippen molar-refractivity contribution >= 4 is 34.6 Å². The molecule has 0 saturated carbocycles. The molecule has 2 aromatic heterocycles. The summed E-state index contributed by atoms with van der Waals surface area (Å²) in [6.45, 7) is 4.62. The lowest BCUT2D eigenvalue weighted by molar-refractivity contribution is -0.113. The van der Waals surface area contributed by atoms with E-state index in [4.69, 9.17) is 22.1 Å². The average molecular weight is 295 g/mol. The van der Waals surface area contributed by atoms with E-state index in [1.54, 1.807) is 6.20 Å². The molecule has 20 heavy (non-hydrogen) atoms. The van der Waals surface area contributed by atoms with Crippen molar-refractivity contribution in [2.45, 2.75) is 13.8 Å². The van der Waals surface area contributed by atoms with Crippen LogP contribution in [-0.2, 0) is 4.79 Å². The normalized spacial score (nSPS) is 12.1. The Labute approximate surface area is 121 Å². The van der Waals surface area contributed by atoms with Crippen LogP contribution in [0.25, 0.3) is 17.1 Å². The highest BCUT2D eigenvalue weighted by atomic mass is 35.5. The fraction of sp³-hybridized carbons (Fsp3) is 0.308. The molecule has 0 aromatic carbocycles. The number of halogens is 1. The zero-order valence-electron chi connectivity index (χ0n) is 11.2. The van der Waals surface area contributed by atoms with Crippen LogP contribution in [0.3, 0.4) is 0 Å². The summed E-state index contributed by atoms with van der Waals surface area (Å²) in [5, 5.41) is 0.608. The van der Waals surface area contributed by atoms with Gasteiger partial charge in [-0.2, -0.15) is 0 Å². The van der Waals surface area contributed by atoms with Crippen molar-refractivity contribution in [1.29, 1.82) is 0 Å². The van der Waals surface area contributed by atoms with E-state index in [1.807, 2.05) is 13.8 Å². The van der Waals surface area contributed by atoms with E-state index in [0.29, 0.717) is 35.0 Å². The molecule has 0 aliphatic carbocycles. The number of carbonyl (C=O) groups excluding carboxylic acids is 1. The number of nitrogens with zero attached hydrogens (tertiary/aromatic N) is 2. The number of nitrogens with one attached hydrogen (secondary N) is 1. The fourth-order valence-corrected chi connectivity index (χ4v) is 1.75. The van der Waals surface area contributed by atoms with Crippen molar-refractivity contribution in [3.8, 4) is 5.88 Å². The molecule has 0 radical (unpaired) electrons. The zero-order valence-corrected chi connectivity index (χ0v) is 11.9. The maximum atomic E-state index is 11.0. The Morgan fingerprint density at radius 3 is 2.95 bits per heavy atom. The molecule has 0 aliphatic heterocycles. The number of hydrogen-bond acceptors (Lipinski definition) is 4. The Kier molecular flexibility index (Phi) is 4.24. The van der Waals surface area contributed by atoms with Crippen LogP contribution in [0, 0.1) is 5.92 Å². The maximum Gasteiger partial charge on any atom is 0.260 e. The van der Waals surface area contributed by atoms with E-state index in [0.717, 1.165) is 0 Å². The number of carbonyl (C=O) groups is 1. The number of ether oxygens (including phenoxy) is 1. The standard InChI is InChI=1S/C13H15ClN4O2/c1-7(2)5-20-13-10-8(3-9(14)11(15)19)4-16-12(10)17-6-18-13/h3-4,6-7H,5H2,1-2H3,(H2,15,19)(H,16,17,18)/b9-3-. The Bertz CT molecular complexity index is 663. The summed E-state index contributed by atoms with van der Waals surface area (Å²) in [7, 11) is 0. The second-order valence-electron chi connectivity index (χ2n) is 4.71. The molecule has 2 heterocycles. The minimum atomic E-state index is -0.692. The van der Waals surface area contributed by atoms with Crippen molar-refractivity contribution in [2.75, 3.05) is 6.61 Å². The van der Waals surface area contributed by atoms with Gasteiger partial charge in [0.2, 0.25) is 5.88 Å². The van der Waals surface area contributed by atoms with Gasteiger partial charge in [-0.05, 0) is 12.0 Å². The van der Waals surface area contributed by atoms with Crippen LogP contribution in [0.4, 0.5) is 0 Å². The number of fused-ring (bicyclic) bond motifs is 1. The van der Waals surface area contributed by atoms with Crippen molar-refractivity contribution in [1.82, 2.24) is 15.0 Å². The van der Waals surface area contributed by atoms with Crippen molar-refractivity contribution < 1.29 is 9.53 Å². The third-order valence-corrected chi connectivity index (χ3v) is 2.83. The topological polar surface area (TPSA) is 93.9 Å². The largest absolute Gasteiger partial charge is 0.477 e. The number of aromatic nitrogens is 3. The van der Waals surface area contributed by atoms with Gasteiger partial charge in [0.05, 0.1) is 12.0 Å². The highest BCUT2D eigenvalue weighted by molar-refractivity contribution is 6.44. The van der Waals surface area contributed by atoms with Gasteiger partial charge >= 0.3 is 0 Å². The van der Waals surface area contributed by atoms with Gasteiger partial charge in [0.1, 0.15) is 17.0 Å². The summed E-state index contributed by atoms with van der Waals surface area (Å²) in [5.74, 6) is 0.125. The summed E-state index contributed by atoms with van der Waals surface area (Å²) in [4.78, 5) is 22.2. The number of aromatic amines is 1. The molecule has 6 nitrogen and oxygen atoms in total. The first-order valence-electron chi connectivity index (χ1n) is 6.11. The van der Waals surface area contributed by atoms with Gasteiger partial charge in [0.15, 0.2) is 0 Å². The van der Waals surface area contributed by atoms with Crippen LogP contribution in [0.1, 0.15) is 19.4 Å². The summed E-state index contributed by atoms with van der Waals surface area (Å²) >= 11 is 5.78. The van der Waals surface area contributed by atoms with Crippen LogP contribution >= 0.6 is 11.6 Å². The number of H-pyrrole nitrogens is 1. The lowest BCUT2D eigenvalue weighted by Gasteiger charge is -2.08. The molecular weight excluding hydrogens is 280 g/mol.